The molecule has 15 heavy (non-hydrogen) atoms. The molecule has 2 unspecified atom stereocenters. The molecule has 1 heterocycles. The Morgan fingerprint density at radius 1 is 1.47 bits per heavy atom. The fourth-order valence-corrected chi connectivity index (χ4v) is 1.72. The van der Waals surface area contributed by atoms with Crippen LogP contribution in [0.25, 0.3) is 0 Å². The second-order valence-corrected chi connectivity index (χ2v) is 5.82. The van der Waals surface area contributed by atoms with Crippen LogP contribution < -0.4 is 0 Å². The van der Waals surface area contributed by atoms with Crippen molar-refractivity contribution in [2.75, 3.05) is 6.26 Å². The first-order chi connectivity index (χ1) is 6.82. The summed E-state index contributed by atoms with van der Waals surface area (Å²) in [6, 6.07) is 1.07. The van der Waals surface area contributed by atoms with Crippen LogP contribution in [0.2, 0.25) is 0 Å². The highest BCUT2D eigenvalue weighted by Crippen LogP contribution is 2.21. The predicted octanol–water partition coefficient (Wildman–Crippen LogP) is 0.687. The zero-order valence-electron chi connectivity index (χ0n) is 8.38. The van der Waals surface area contributed by atoms with Crippen LogP contribution in [0.5, 0.6) is 0 Å². The Morgan fingerprint density at radius 3 is 2.53 bits per heavy atom. The van der Waals surface area contributed by atoms with Crippen LogP contribution in [0.4, 0.5) is 4.39 Å². The van der Waals surface area contributed by atoms with E-state index in [1.54, 1.807) is 0 Å². The normalized spacial score (nSPS) is 16.0. The monoisotopic (exact) mass is 233 g/mol. The first kappa shape index (κ1) is 12.1. The largest absolute Gasteiger partial charge is 0.387 e. The van der Waals surface area contributed by atoms with Gasteiger partial charge in [0.1, 0.15) is 5.82 Å². The molecule has 0 aliphatic carbocycles. The van der Waals surface area contributed by atoms with Gasteiger partial charge in [0.05, 0.1) is 17.6 Å². The van der Waals surface area contributed by atoms with Crippen molar-refractivity contribution >= 4 is 9.84 Å². The maximum Gasteiger partial charge on any atom is 0.152 e. The molecule has 1 N–H and O–H groups in total. The zero-order chi connectivity index (χ0) is 11.6. The van der Waals surface area contributed by atoms with Crippen molar-refractivity contribution < 1.29 is 17.9 Å². The number of pyridine rings is 1. The van der Waals surface area contributed by atoms with Gasteiger partial charge in [0.25, 0.3) is 0 Å². The summed E-state index contributed by atoms with van der Waals surface area (Å²) in [4.78, 5) is 3.54. The van der Waals surface area contributed by atoms with Gasteiger partial charge in [-0.1, -0.05) is 0 Å². The lowest BCUT2D eigenvalue weighted by Gasteiger charge is -2.16. The number of rotatable bonds is 3. The minimum Gasteiger partial charge on any atom is -0.387 e. The van der Waals surface area contributed by atoms with E-state index in [1.807, 2.05) is 0 Å². The van der Waals surface area contributed by atoms with Gasteiger partial charge in [0, 0.05) is 18.0 Å². The molecule has 1 aromatic heterocycles. The van der Waals surface area contributed by atoms with Gasteiger partial charge in [-0.2, -0.15) is 0 Å². The van der Waals surface area contributed by atoms with Gasteiger partial charge in [-0.25, -0.2) is 12.8 Å². The highest BCUT2D eigenvalue weighted by Gasteiger charge is 2.25. The molecule has 1 rings (SSSR count). The molecule has 1 aromatic rings. The maximum atomic E-state index is 12.8. The van der Waals surface area contributed by atoms with E-state index < -0.39 is 27.0 Å². The fraction of sp³-hybridized carbons (Fsp3) is 0.444. The van der Waals surface area contributed by atoms with Crippen LogP contribution in [0.15, 0.2) is 18.5 Å². The maximum absolute atomic E-state index is 12.8. The number of aliphatic hydroxyl groups excluding tert-OH is 1. The Labute approximate surface area is 87.7 Å². The van der Waals surface area contributed by atoms with Gasteiger partial charge in [-0.15, -0.1) is 0 Å². The molecule has 0 amide bonds. The molecule has 0 aromatic carbocycles. The summed E-state index contributed by atoms with van der Waals surface area (Å²) >= 11 is 0. The summed E-state index contributed by atoms with van der Waals surface area (Å²) in [6.45, 7) is 1.37. The molecule has 0 saturated carbocycles. The average Bonchev–Trinajstić information content (AvgIpc) is 2.14. The molecule has 0 saturated heterocycles. The van der Waals surface area contributed by atoms with E-state index in [0.29, 0.717) is 0 Å². The minimum absolute atomic E-state index is 0.160. The van der Waals surface area contributed by atoms with Gasteiger partial charge in [-0.05, 0) is 13.0 Å². The van der Waals surface area contributed by atoms with Crippen molar-refractivity contribution in [3.8, 4) is 0 Å². The number of hydrogen-bond acceptors (Lipinski definition) is 4. The number of nitrogens with zero attached hydrogens (tertiary/aromatic N) is 1. The molecule has 0 aliphatic rings. The van der Waals surface area contributed by atoms with Gasteiger partial charge in [0.2, 0.25) is 0 Å². The molecule has 6 heteroatoms. The molecule has 0 fully saturated rings. The predicted molar refractivity (Wildman–Crippen MR) is 53.5 cm³/mol. The van der Waals surface area contributed by atoms with Crippen molar-refractivity contribution in [2.45, 2.75) is 18.3 Å². The third kappa shape index (κ3) is 2.97. The Balaban J connectivity index is 3.00. The summed E-state index contributed by atoms with van der Waals surface area (Å²) in [5.41, 5.74) is 0.160. The first-order valence-electron chi connectivity index (χ1n) is 4.29. The first-order valence-corrected chi connectivity index (χ1v) is 6.25. The van der Waals surface area contributed by atoms with Crippen LogP contribution in [0.3, 0.4) is 0 Å². The van der Waals surface area contributed by atoms with E-state index in [4.69, 9.17) is 0 Å². The summed E-state index contributed by atoms with van der Waals surface area (Å²) < 4.78 is 35.1. The van der Waals surface area contributed by atoms with E-state index in [9.17, 15) is 17.9 Å². The Hall–Kier alpha value is -1.01. The Morgan fingerprint density at radius 2 is 2.07 bits per heavy atom. The van der Waals surface area contributed by atoms with Crippen molar-refractivity contribution in [2.24, 2.45) is 0 Å². The molecule has 0 spiro atoms. The van der Waals surface area contributed by atoms with Crippen LogP contribution in [0, 0.1) is 5.82 Å². The molecule has 0 aliphatic heterocycles. The number of aliphatic hydroxyl groups is 1. The molecular weight excluding hydrogens is 221 g/mol. The molecular formula is C9H12FNO3S. The highest BCUT2D eigenvalue weighted by atomic mass is 32.2. The standard InChI is InChI=1S/C9H12FNO3S/c1-6(15(2,13)14)9(12)7-3-8(10)5-11-4-7/h3-6,9,12H,1-2H3. The van der Waals surface area contributed by atoms with Gasteiger partial charge in [-0.3, -0.25) is 4.98 Å². The highest BCUT2D eigenvalue weighted by molar-refractivity contribution is 7.91. The van der Waals surface area contributed by atoms with Crippen LogP contribution >= 0.6 is 0 Å². The molecule has 2 atom stereocenters. The van der Waals surface area contributed by atoms with E-state index >= 15 is 0 Å². The fourth-order valence-electron chi connectivity index (χ4n) is 1.10. The van der Waals surface area contributed by atoms with Crippen molar-refractivity contribution in [1.29, 1.82) is 0 Å². The quantitative estimate of drug-likeness (QED) is 0.834. The lowest BCUT2D eigenvalue weighted by Crippen LogP contribution is -2.24. The number of halogens is 1. The number of sulfone groups is 1. The smallest absolute Gasteiger partial charge is 0.152 e. The van der Waals surface area contributed by atoms with E-state index in [0.717, 1.165) is 18.5 Å². The van der Waals surface area contributed by atoms with E-state index in [1.165, 1.54) is 13.1 Å². The van der Waals surface area contributed by atoms with Gasteiger partial charge in [0.15, 0.2) is 9.84 Å². The summed E-state index contributed by atoms with van der Waals surface area (Å²) in [6.07, 6.45) is 1.99. The SMILES string of the molecule is CC(C(O)c1cncc(F)c1)S(C)(=O)=O. The lowest BCUT2D eigenvalue weighted by atomic mass is 10.1. The second-order valence-electron chi connectivity index (χ2n) is 3.42. The Bertz CT molecular complexity index is 446. The van der Waals surface area contributed by atoms with E-state index in [2.05, 4.69) is 4.98 Å². The average molecular weight is 233 g/mol. The number of hydrogen-bond donors (Lipinski definition) is 1. The topological polar surface area (TPSA) is 67.3 Å². The van der Waals surface area contributed by atoms with Crippen LogP contribution in [-0.4, -0.2) is 30.0 Å². The van der Waals surface area contributed by atoms with Crippen molar-refractivity contribution in [1.82, 2.24) is 4.98 Å². The Kier molecular flexibility index (Phi) is 3.41. The molecule has 0 radical (unpaired) electrons. The van der Waals surface area contributed by atoms with Crippen LogP contribution in [-0.2, 0) is 9.84 Å². The van der Waals surface area contributed by atoms with Gasteiger partial charge < -0.3 is 5.11 Å². The van der Waals surface area contributed by atoms with Crippen molar-refractivity contribution in [3.05, 3.63) is 29.8 Å². The van der Waals surface area contributed by atoms with Crippen LogP contribution in [0.1, 0.15) is 18.6 Å². The summed E-state index contributed by atoms with van der Waals surface area (Å²) in [7, 11) is -3.36. The third-order valence-electron chi connectivity index (χ3n) is 2.19. The lowest BCUT2D eigenvalue weighted by molar-refractivity contribution is 0.175. The summed E-state index contributed by atoms with van der Waals surface area (Å²) in [5.74, 6) is -0.604. The minimum atomic E-state index is -3.36. The second kappa shape index (κ2) is 4.24. The summed E-state index contributed by atoms with van der Waals surface area (Å²) in [5, 5.41) is 8.68. The van der Waals surface area contributed by atoms with E-state index in [-0.39, 0.29) is 5.56 Å². The van der Waals surface area contributed by atoms with Gasteiger partial charge >= 0.3 is 0 Å². The molecule has 0 bridgehead atoms. The molecule has 84 valence electrons. The third-order valence-corrected chi connectivity index (χ3v) is 3.80. The zero-order valence-corrected chi connectivity index (χ0v) is 9.20. The van der Waals surface area contributed by atoms with Crippen molar-refractivity contribution in [3.63, 3.8) is 0 Å². The number of aromatic nitrogens is 1. The molecule has 4 nitrogen and oxygen atoms in total.